The standard InChI is InChI=1S/C12H23N3O2/c1-4-5-15-9-11(8-14-15)12(13-2)10-17-7-6-16-3/h8-9,12-13H,4-7,10H2,1-3H3. The first-order chi connectivity index (χ1) is 8.31. The van der Waals surface area contributed by atoms with Crippen LogP contribution in [-0.2, 0) is 16.0 Å². The third-order valence-corrected chi connectivity index (χ3v) is 2.57. The summed E-state index contributed by atoms with van der Waals surface area (Å²) in [5.74, 6) is 0. The zero-order valence-corrected chi connectivity index (χ0v) is 11.0. The van der Waals surface area contributed by atoms with Gasteiger partial charge in [0.25, 0.3) is 0 Å². The van der Waals surface area contributed by atoms with E-state index in [9.17, 15) is 0 Å². The molecule has 5 heteroatoms. The number of hydrogen-bond acceptors (Lipinski definition) is 4. The lowest BCUT2D eigenvalue weighted by Gasteiger charge is -2.14. The zero-order chi connectivity index (χ0) is 12.5. The molecule has 1 aromatic heterocycles. The van der Waals surface area contributed by atoms with E-state index in [1.54, 1.807) is 7.11 Å². The number of hydrogen-bond donors (Lipinski definition) is 1. The van der Waals surface area contributed by atoms with E-state index >= 15 is 0 Å². The van der Waals surface area contributed by atoms with Crippen LogP contribution in [-0.4, -0.2) is 43.8 Å². The van der Waals surface area contributed by atoms with Gasteiger partial charge in [-0.2, -0.15) is 5.10 Å². The number of rotatable bonds is 9. The molecule has 1 aromatic rings. The molecule has 0 bridgehead atoms. The first-order valence-corrected chi connectivity index (χ1v) is 6.08. The second-order valence-corrected chi connectivity index (χ2v) is 3.95. The number of nitrogens with one attached hydrogen (secondary N) is 1. The quantitative estimate of drug-likeness (QED) is 0.660. The molecule has 0 aliphatic rings. The molecule has 1 heterocycles. The Morgan fingerprint density at radius 2 is 2.29 bits per heavy atom. The molecule has 1 atom stereocenters. The minimum Gasteiger partial charge on any atom is -0.382 e. The lowest BCUT2D eigenvalue weighted by Crippen LogP contribution is -2.22. The second kappa shape index (κ2) is 8.22. The van der Waals surface area contributed by atoms with Crippen LogP contribution in [0.4, 0.5) is 0 Å². The van der Waals surface area contributed by atoms with E-state index in [2.05, 4.69) is 23.5 Å². The predicted molar refractivity (Wildman–Crippen MR) is 67.0 cm³/mol. The number of methoxy groups -OCH3 is 1. The summed E-state index contributed by atoms with van der Waals surface area (Å²) in [4.78, 5) is 0. The molecule has 0 radical (unpaired) electrons. The van der Waals surface area contributed by atoms with E-state index in [0.29, 0.717) is 19.8 Å². The van der Waals surface area contributed by atoms with Crippen LogP contribution in [0.5, 0.6) is 0 Å². The van der Waals surface area contributed by atoms with Gasteiger partial charge in [0.05, 0.1) is 32.1 Å². The van der Waals surface area contributed by atoms with E-state index in [4.69, 9.17) is 9.47 Å². The summed E-state index contributed by atoms with van der Waals surface area (Å²) in [7, 11) is 3.61. The van der Waals surface area contributed by atoms with E-state index in [1.165, 1.54) is 5.56 Å². The van der Waals surface area contributed by atoms with Crippen LogP contribution in [0, 0.1) is 0 Å². The Balaban J connectivity index is 2.42. The number of aryl methyl sites for hydroxylation is 1. The number of ether oxygens (including phenoxy) is 2. The molecule has 0 aliphatic carbocycles. The summed E-state index contributed by atoms with van der Waals surface area (Å²) in [6.07, 6.45) is 5.07. The molecular formula is C12H23N3O2. The monoisotopic (exact) mass is 241 g/mol. The van der Waals surface area contributed by atoms with Gasteiger partial charge in [0.15, 0.2) is 0 Å². The van der Waals surface area contributed by atoms with Crippen molar-refractivity contribution in [3.63, 3.8) is 0 Å². The summed E-state index contributed by atoms with van der Waals surface area (Å²) in [6.45, 7) is 4.99. The molecule has 98 valence electrons. The van der Waals surface area contributed by atoms with Crippen LogP contribution in [0.3, 0.4) is 0 Å². The van der Waals surface area contributed by atoms with E-state index in [0.717, 1.165) is 13.0 Å². The van der Waals surface area contributed by atoms with Gasteiger partial charge < -0.3 is 14.8 Å². The van der Waals surface area contributed by atoms with Crippen molar-refractivity contribution in [1.29, 1.82) is 0 Å². The van der Waals surface area contributed by atoms with Gasteiger partial charge in [0.2, 0.25) is 0 Å². The van der Waals surface area contributed by atoms with Gasteiger partial charge in [0.1, 0.15) is 0 Å². The average Bonchev–Trinajstić information content (AvgIpc) is 2.78. The lowest BCUT2D eigenvalue weighted by atomic mass is 10.2. The number of nitrogens with zero attached hydrogens (tertiary/aromatic N) is 2. The molecule has 0 aromatic carbocycles. The highest BCUT2D eigenvalue weighted by molar-refractivity contribution is 5.10. The van der Waals surface area contributed by atoms with Crippen molar-refractivity contribution in [2.75, 3.05) is 34.0 Å². The fraction of sp³-hybridized carbons (Fsp3) is 0.750. The van der Waals surface area contributed by atoms with Gasteiger partial charge in [-0.25, -0.2) is 0 Å². The molecule has 1 N–H and O–H groups in total. The Kier molecular flexibility index (Phi) is 6.84. The van der Waals surface area contributed by atoms with Crippen LogP contribution in [0.2, 0.25) is 0 Å². The van der Waals surface area contributed by atoms with Crippen molar-refractivity contribution >= 4 is 0 Å². The average molecular weight is 241 g/mol. The van der Waals surface area contributed by atoms with Crippen LogP contribution in [0.1, 0.15) is 24.9 Å². The van der Waals surface area contributed by atoms with Crippen molar-refractivity contribution in [2.24, 2.45) is 0 Å². The van der Waals surface area contributed by atoms with Crippen molar-refractivity contribution < 1.29 is 9.47 Å². The van der Waals surface area contributed by atoms with Gasteiger partial charge >= 0.3 is 0 Å². The first-order valence-electron chi connectivity index (χ1n) is 6.08. The molecule has 0 amide bonds. The molecule has 0 saturated carbocycles. The summed E-state index contributed by atoms with van der Waals surface area (Å²) in [5, 5.41) is 7.55. The fourth-order valence-corrected chi connectivity index (χ4v) is 1.60. The minimum absolute atomic E-state index is 0.192. The number of likely N-dealkylation sites (N-methyl/N-ethyl adjacent to an activating group) is 1. The van der Waals surface area contributed by atoms with Crippen LogP contribution >= 0.6 is 0 Å². The van der Waals surface area contributed by atoms with Gasteiger partial charge in [-0.15, -0.1) is 0 Å². The van der Waals surface area contributed by atoms with Crippen molar-refractivity contribution in [1.82, 2.24) is 15.1 Å². The largest absolute Gasteiger partial charge is 0.382 e. The summed E-state index contributed by atoms with van der Waals surface area (Å²) in [5.41, 5.74) is 1.17. The highest BCUT2D eigenvalue weighted by Gasteiger charge is 2.11. The van der Waals surface area contributed by atoms with Crippen molar-refractivity contribution in [2.45, 2.75) is 25.9 Å². The molecular weight excluding hydrogens is 218 g/mol. The molecule has 0 aliphatic heterocycles. The highest BCUT2D eigenvalue weighted by Crippen LogP contribution is 2.12. The smallest absolute Gasteiger partial charge is 0.0701 e. The van der Waals surface area contributed by atoms with E-state index in [1.807, 2.05) is 17.9 Å². The Morgan fingerprint density at radius 1 is 1.47 bits per heavy atom. The van der Waals surface area contributed by atoms with Crippen molar-refractivity contribution in [3.8, 4) is 0 Å². The van der Waals surface area contributed by atoms with Gasteiger partial charge in [-0.1, -0.05) is 6.92 Å². The van der Waals surface area contributed by atoms with Crippen LogP contribution < -0.4 is 5.32 Å². The molecule has 0 spiro atoms. The third-order valence-electron chi connectivity index (χ3n) is 2.57. The van der Waals surface area contributed by atoms with Crippen molar-refractivity contribution in [3.05, 3.63) is 18.0 Å². The van der Waals surface area contributed by atoms with E-state index in [-0.39, 0.29) is 6.04 Å². The third kappa shape index (κ3) is 4.85. The fourth-order valence-electron chi connectivity index (χ4n) is 1.60. The molecule has 0 fully saturated rings. The Bertz CT molecular complexity index is 302. The molecule has 1 rings (SSSR count). The Morgan fingerprint density at radius 3 is 2.94 bits per heavy atom. The highest BCUT2D eigenvalue weighted by atomic mass is 16.5. The summed E-state index contributed by atoms with van der Waals surface area (Å²) < 4.78 is 12.4. The summed E-state index contributed by atoms with van der Waals surface area (Å²) in [6, 6.07) is 0.192. The lowest BCUT2D eigenvalue weighted by molar-refractivity contribution is 0.0596. The molecule has 1 unspecified atom stereocenters. The minimum atomic E-state index is 0.192. The van der Waals surface area contributed by atoms with Gasteiger partial charge in [0, 0.05) is 25.4 Å². The van der Waals surface area contributed by atoms with E-state index < -0.39 is 0 Å². The SMILES string of the molecule is CCCn1cc(C(COCCOC)NC)cn1. The van der Waals surface area contributed by atoms with Crippen LogP contribution in [0.15, 0.2) is 12.4 Å². The number of aromatic nitrogens is 2. The predicted octanol–water partition coefficient (Wildman–Crippen LogP) is 1.22. The maximum atomic E-state index is 5.53. The van der Waals surface area contributed by atoms with Gasteiger partial charge in [-0.3, -0.25) is 4.68 Å². The molecule has 17 heavy (non-hydrogen) atoms. The van der Waals surface area contributed by atoms with Gasteiger partial charge in [-0.05, 0) is 13.5 Å². The normalized spacial score (nSPS) is 12.9. The molecule has 5 nitrogen and oxygen atoms in total. The topological polar surface area (TPSA) is 48.3 Å². The maximum Gasteiger partial charge on any atom is 0.0701 e. The Labute approximate surface area is 103 Å². The Hall–Kier alpha value is -0.910. The second-order valence-electron chi connectivity index (χ2n) is 3.95. The maximum absolute atomic E-state index is 5.53. The molecule has 0 saturated heterocycles. The first kappa shape index (κ1) is 14.2. The zero-order valence-electron chi connectivity index (χ0n) is 11.0. The van der Waals surface area contributed by atoms with Crippen LogP contribution in [0.25, 0.3) is 0 Å². The summed E-state index contributed by atoms with van der Waals surface area (Å²) >= 11 is 0.